The highest BCUT2D eigenvalue weighted by Crippen LogP contribution is 2.13. The van der Waals surface area contributed by atoms with Crippen LogP contribution in [0.25, 0.3) is 0 Å². The molecule has 0 unspecified atom stereocenters. The number of benzene rings is 1. The number of amides is 1. The lowest BCUT2D eigenvalue weighted by atomic mass is 10.0. The SMILES string of the molecule is C#C/C(=C\C(C)=C(/CC)C(C)=O)C(N)=O.CCCC(C)C.CCCC(C)CCC.CCc1cnccc1C.COc1ccc(C)cc1. The van der Waals surface area contributed by atoms with E-state index >= 15 is 0 Å². The number of allylic oxidation sites excluding steroid dienone is 3. The molecule has 47 heavy (non-hydrogen) atoms. The third-order valence-electron chi connectivity index (χ3n) is 7.25. The molecule has 0 bridgehead atoms. The molecular weight excluding hydrogens is 580 g/mol. The number of ether oxygens (including phenoxy) is 1. The summed E-state index contributed by atoms with van der Waals surface area (Å²) < 4.78 is 4.97. The fourth-order valence-corrected chi connectivity index (χ4v) is 4.54. The van der Waals surface area contributed by atoms with Crippen molar-refractivity contribution in [1.82, 2.24) is 4.98 Å². The number of Topliss-reactive ketones (excluding diaryl/α,β-unsaturated/α-hetero) is 1. The fourth-order valence-electron chi connectivity index (χ4n) is 4.54. The van der Waals surface area contributed by atoms with E-state index in [1.807, 2.05) is 49.6 Å². The highest BCUT2D eigenvalue weighted by molar-refractivity contribution is 5.98. The van der Waals surface area contributed by atoms with Crippen molar-refractivity contribution >= 4 is 11.7 Å². The lowest BCUT2D eigenvalue weighted by Gasteiger charge is -2.05. The number of primary amides is 1. The zero-order valence-corrected chi connectivity index (χ0v) is 32.3. The van der Waals surface area contributed by atoms with Crippen molar-refractivity contribution < 1.29 is 14.3 Å². The Morgan fingerprint density at radius 2 is 1.45 bits per heavy atom. The van der Waals surface area contributed by atoms with Gasteiger partial charge in [-0.3, -0.25) is 14.6 Å². The maximum Gasteiger partial charge on any atom is 0.257 e. The van der Waals surface area contributed by atoms with E-state index < -0.39 is 5.91 Å². The Bertz CT molecular complexity index is 1200. The number of methoxy groups -OCH3 is 1. The van der Waals surface area contributed by atoms with E-state index in [0.29, 0.717) is 17.6 Å². The van der Waals surface area contributed by atoms with E-state index in [1.165, 1.54) is 68.2 Å². The quantitative estimate of drug-likeness (QED) is 0.141. The van der Waals surface area contributed by atoms with Gasteiger partial charge in [0, 0.05) is 12.4 Å². The van der Waals surface area contributed by atoms with Crippen LogP contribution in [0.3, 0.4) is 0 Å². The van der Waals surface area contributed by atoms with Crippen molar-refractivity contribution in [3.63, 3.8) is 0 Å². The number of aryl methyl sites for hydroxylation is 3. The molecule has 0 spiro atoms. The molecule has 1 amide bonds. The Morgan fingerprint density at radius 1 is 0.915 bits per heavy atom. The summed E-state index contributed by atoms with van der Waals surface area (Å²) in [6.45, 7) is 25.0. The van der Waals surface area contributed by atoms with E-state index in [2.05, 4.69) is 73.2 Å². The lowest BCUT2D eigenvalue weighted by Crippen LogP contribution is -2.13. The average molecular weight is 649 g/mol. The van der Waals surface area contributed by atoms with Crippen molar-refractivity contribution in [2.75, 3.05) is 7.11 Å². The zero-order chi connectivity index (χ0) is 36.8. The molecule has 2 rings (SSSR count). The summed E-state index contributed by atoms with van der Waals surface area (Å²) >= 11 is 0. The standard InChI is InChI=1S/C12H15NO2.C8H11N.C8H10O.C8H18.C6H14/c1-5-10(12(13)15)7-8(3)11(6-2)9(4)14;1-3-8-6-9-5-4-7(8)2;1-7-3-5-8(9-2)6-4-7;1-4-6-8(3)7-5-2;1-4-5-6(2)3/h1,7H,6H2,2-4H3,(H2,13,15);4-6H,3H2,1-2H3;3-6H,1-2H3;8H,4-7H2,1-3H3;6H,4-5H2,1-3H3/b10-7+,11-8+;;;;. The fraction of sp³-hybridized carbons (Fsp3) is 0.548. The van der Waals surface area contributed by atoms with E-state index in [0.717, 1.165) is 24.0 Å². The molecule has 2 N–H and O–H groups in total. The van der Waals surface area contributed by atoms with Gasteiger partial charge in [0.25, 0.3) is 5.91 Å². The van der Waals surface area contributed by atoms with Crippen LogP contribution in [0.4, 0.5) is 0 Å². The highest BCUT2D eigenvalue weighted by atomic mass is 16.5. The molecule has 0 saturated heterocycles. The summed E-state index contributed by atoms with van der Waals surface area (Å²) in [7, 11) is 1.67. The molecule has 0 atom stereocenters. The molecule has 0 radical (unpaired) electrons. The summed E-state index contributed by atoms with van der Waals surface area (Å²) in [4.78, 5) is 26.1. The number of nitrogens with two attached hydrogens (primary N) is 1. The van der Waals surface area contributed by atoms with Crippen LogP contribution in [-0.4, -0.2) is 23.8 Å². The molecule has 1 heterocycles. The molecule has 1 aromatic carbocycles. The molecular formula is C42H68N2O3. The predicted octanol–water partition coefficient (Wildman–Crippen LogP) is 11.0. The number of ketones is 1. The average Bonchev–Trinajstić information content (AvgIpc) is 3.02. The minimum atomic E-state index is -0.657. The van der Waals surface area contributed by atoms with Crippen molar-refractivity contribution in [1.29, 1.82) is 0 Å². The van der Waals surface area contributed by atoms with E-state index in [1.54, 1.807) is 14.0 Å². The molecule has 2 aromatic rings. The Balaban J connectivity index is -0.000000534. The van der Waals surface area contributed by atoms with Crippen molar-refractivity contribution in [2.24, 2.45) is 17.6 Å². The van der Waals surface area contributed by atoms with Gasteiger partial charge in [0.1, 0.15) is 5.75 Å². The van der Waals surface area contributed by atoms with Crippen LogP contribution < -0.4 is 10.5 Å². The van der Waals surface area contributed by atoms with Gasteiger partial charge in [0.2, 0.25) is 0 Å². The first-order valence-corrected chi connectivity index (χ1v) is 17.4. The van der Waals surface area contributed by atoms with Crippen LogP contribution in [0.1, 0.15) is 131 Å². The molecule has 0 aliphatic rings. The molecule has 5 heteroatoms. The Hall–Kier alpha value is -3.65. The van der Waals surface area contributed by atoms with Gasteiger partial charge in [0.15, 0.2) is 5.78 Å². The molecule has 0 fully saturated rings. The summed E-state index contributed by atoms with van der Waals surface area (Å²) in [5.41, 5.74) is 10.4. The first-order chi connectivity index (χ1) is 22.2. The van der Waals surface area contributed by atoms with Gasteiger partial charge in [0.05, 0.1) is 12.7 Å². The van der Waals surface area contributed by atoms with Crippen LogP contribution in [-0.2, 0) is 16.0 Å². The van der Waals surface area contributed by atoms with Crippen LogP contribution in [0.15, 0.2) is 65.5 Å². The number of carbonyl (C=O) groups is 2. The minimum Gasteiger partial charge on any atom is -0.497 e. The lowest BCUT2D eigenvalue weighted by molar-refractivity contribution is -0.114. The highest BCUT2D eigenvalue weighted by Gasteiger charge is 2.07. The molecule has 1 aromatic heterocycles. The van der Waals surface area contributed by atoms with Crippen LogP contribution in [0.2, 0.25) is 0 Å². The van der Waals surface area contributed by atoms with Crippen molar-refractivity contribution in [3.05, 3.63) is 82.2 Å². The summed E-state index contributed by atoms with van der Waals surface area (Å²) in [6, 6.07) is 10.0. The predicted molar refractivity (Wildman–Crippen MR) is 205 cm³/mol. The second kappa shape index (κ2) is 31.0. The smallest absolute Gasteiger partial charge is 0.257 e. The molecule has 0 aliphatic heterocycles. The second-order valence-electron chi connectivity index (χ2n) is 12.2. The van der Waals surface area contributed by atoms with Crippen molar-refractivity contribution in [2.45, 2.75) is 134 Å². The number of aromatic nitrogens is 1. The van der Waals surface area contributed by atoms with Crippen molar-refractivity contribution in [3.8, 4) is 18.1 Å². The Labute approximate surface area is 289 Å². The molecule has 0 saturated carbocycles. The van der Waals surface area contributed by atoms with Gasteiger partial charge in [-0.2, -0.15) is 0 Å². The van der Waals surface area contributed by atoms with Gasteiger partial charge in [-0.1, -0.05) is 118 Å². The molecule has 5 nitrogen and oxygen atoms in total. The number of hydrogen-bond donors (Lipinski definition) is 1. The van der Waals surface area contributed by atoms with E-state index in [-0.39, 0.29) is 11.4 Å². The number of nitrogens with zero attached hydrogens (tertiary/aromatic N) is 1. The normalized spacial score (nSPS) is 10.7. The second-order valence-corrected chi connectivity index (χ2v) is 12.2. The van der Waals surface area contributed by atoms with Gasteiger partial charge in [-0.15, -0.1) is 6.42 Å². The molecule has 0 aliphatic carbocycles. The summed E-state index contributed by atoms with van der Waals surface area (Å²) in [5, 5.41) is 0. The maximum absolute atomic E-state index is 11.2. The third-order valence-corrected chi connectivity index (χ3v) is 7.25. The Morgan fingerprint density at radius 3 is 1.74 bits per heavy atom. The van der Waals surface area contributed by atoms with Gasteiger partial charge < -0.3 is 10.5 Å². The van der Waals surface area contributed by atoms with E-state index in [4.69, 9.17) is 16.9 Å². The van der Waals surface area contributed by atoms with Crippen LogP contribution in [0.5, 0.6) is 5.75 Å². The maximum atomic E-state index is 11.2. The number of rotatable bonds is 12. The number of terminal acetylenes is 1. The summed E-state index contributed by atoms with van der Waals surface area (Å²) in [5.74, 6) is 4.29. The van der Waals surface area contributed by atoms with Gasteiger partial charge >= 0.3 is 0 Å². The largest absolute Gasteiger partial charge is 0.497 e. The van der Waals surface area contributed by atoms with Gasteiger partial charge in [-0.25, -0.2) is 0 Å². The topological polar surface area (TPSA) is 82.3 Å². The first kappa shape index (κ1) is 47.8. The minimum absolute atomic E-state index is 0.0212. The van der Waals surface area contributed by atoms with E-state index in [9.17, 15) is 9.59 Å². The van der Waals surface area contributed by atoms with Crippen LogP contribution >= 0.6 is 0 Å². The number of carbonyl (C=O) groups excluding carboxylic acids is 2. The Kier molecular flexibility index (Phi) is 31.5. The monoisotopic (exact) mass is 649 g/mol. The van der Waals surface area contributed by atoms with Crippen LogP contribution in [0, 0.1) is 38.0 Å². The number of pyridine rings is 1. The molecule has 264 valence electrons. The van der Waals surface area contributed by atoms with Gasteiger partial charge in [-0.05, 0) is 98.9 Å². The number of hydrogen-bond acceptors (Lipinski definition) is 4. The third kappa shape index (κ3) is 27.2. The summed E-state index contributed by atoms with van der Waals surface area (Å²) in [6.07, 6.45) is 20.3. The zero-order valence-electron chi connectivity index (χ0n) is 32.3. The first-order valence-electron chi connectivity index (χ1n) is 17.4.